The number of terminal acetylenes is 1. The Labute approximate surface area is 161 Å². The molecule has 0 aliphatic rings. The summed E-state index contributed by atoms with van der Waals surface area (Å²) in [5.41, 5.74) is 7.61. The number of nitrogens with one attached hydrogen (secondary N) is 1. The van der Waals surface area contributed by atoms with Gasteiger partial charge in [-0.25, -0.2) is 0 Å². The number of hydrogen-bond acceptors (Lipinski definition) is 1. The molecule has 0 saturated heterocycles. The first kappa shape index (κ1) is 23.3. The predicted molar refractivity (Wildman–Crippen MR) is 119 cm³/mol. The first-order valence-corrected chi connectivity index (χ1v) is 8.83. The van der Waals surface area contributed by atoms with E-state index in [2.05, 4.69) is 68.6 Å². The lowest BCUT2D eigenvalue weighted by atomic mass is 9.99. The molecule has 0 bridgehead atoms. The smallest absolute Gasteiger partial charge is 0.00785 e. The third-order valence-electron chi connectivity index (χ3n) is 3.89. The van der Waals surface area contributed by atoms with Gasteiger partial charge in [0.1, 0.15) is 0 Å². The lowest BCUT2D eigenvalue weighted by molar-refractivity contribution is 0.986. The van der Waals surface area contributed by atoms with E-state index in [0.29, 0.717) is 0 Å². The van der Waals surface area contributed by atoms with Crippen molar-refractivity contribution in [3.63, 3.8) is 0 Å². The van der Waals surface area contributed by atoms with Crippen LogP contribution in [0.25, 0.3) is 0 Å². The molecule has 0 heterocycles. The minimum absolute atomic E-state index is 0.759. The molecular formula is C25H33N. The van der Waals surface area contributed by atoms with Gasteiger partial charge < -0.3 is 5.32 Å². The fourth-order valence-electron chi connectivity index (χ4n) is 2.25. The van der Waals surface area contributed by atoms with E-state index < -0.39 is 0 Å². The molecule has 0 aromatic rings. The van der Waals surface area contributed by atoms with E-state index in [-0.39, 0.29) is 0 Å². The summed E-state index contributed by atoms with van der Waals surface area (Å²) in [4.78, 5) is 0. The molecule has 138 valence electrons. The number of allylic oxidation sites excluding steroid dienone is 14. The zero-order valence-corrected chi connectivity index (χ0v) is 17.2. The molecule has 0 radical (unpaired) electrons. The van der Waals surface area contributed by atoms with E-state index in [1.165, 1.54) is 5.57 Å². The third-order valence-corrected chi connectivity index (χ3v) is 3.89. The normalized spacial score (nSPS) is 14.2. The van der Waals surface area contributed by atoms with Crippen molar-refractivity contribution in [3.8, 4) is 12.3 Å². The SMILES string of the molecule is C#C/C(C)=C(C=C(C)C)\C=C(/C=C)C/C=C(/C=C(\C)NC)C(\C=C)=C/C. The van der Waals surface area contributed by atoms with Crippen molar-refractivity contribution in [3.05, 3.63) is 94.8 Å². The molecule has 0 spiro atoms. The van der Waals surface area contributed by atoms with Crippen molar-refractivity contribution < 1.29 is 0 Å². The van der Waals surface area contributed by atoms with Gasteiger partial charge in [0.25, 0.3) is 0 Å². The van der Waals surface area contributed by atoms with Crippen molar-refractivity contribution in [2.45, 2.75) is 41.0 Å². The van der Waals surface area contributed by atoms with Gasteiger partial charge in [-0.05, 0) is 69.4 Å². The Morgan fingerprint density at radius 3 is 2.08 bits per heavy atom. The molecule has 0 fully saturated rings. The molecule has 26 heavy (non-hydrogen) atoms. The van der Waals surface area contributed by atoms with Gasteiger partial charge in [0.2, 0.25) is 0 Å². The first-order chi connectivity index (χ1) is 12.3. The van der Waals surface area contributed by atoms with E-state index in [4.69, 9.17) is 6.42 Å². The highest BCUT2D eigenvalue weighted by Crippen LogP contribution is 2.20. The van der Waals surface area contributed by atoms with E-state index >= 15 is 0 Å². The van der Waals surface area contributed by atoms with Gasteiger partial charge in [-0.3, -0.25) is 0 Å². The topological polar surface area (TPSA) is 12.0 Å². The second-order valence-corrected chi connectivity index (χ2v) is 6.26. The molecule has 1 N–H and O–H groups in total. The van der Waals surface area contributed by atoms with Crippen LogP contribution in [-0.4, -0.2) is 7.05 Å². The molecule has 0 unspecified atom stereocenters. The maximum atomic E-state index is 5.60. The van der Waals surface area contributed by atoms with E-state index in [0.717, 1.165) is 40.0 Å². The first-order valence-electron chi connectivity index (χ1n) is 8.83. The average Bonchev–Trinajstić information content (AvgIpc) is 2.63. The van der Waals surface area contributed by atoms with Gasteiger partial charge in [-0.2, -0.15) is 0 Å². The second-order valence-electron chi connectivity index (χ2n) is 6.26. The minimum atomic E-state index is 0.759. The molecule has 0 atom stereocenters. The Kier molecular flexibility index (Phi) is 11.3. The maximum absolute atomic E-state index is 5.60. The monoisotopic (exact) mass is 347 g/mol. The van der Waals surface area contributed by atoms with Gasteiger partial charge in [-0.15, -0.1) is 6.42 Å². The third kappa shape index (κ3) is 8.40. The Hall–Kier alpha value is -2.72. The van der Waals surface area contributed by atoms with Crippen molar-refractivity contribution in [1.82, 2.24) is 5.32 Å². The highest BCUT2D eigenvalue weighted by Gasteiger charge is 2.01. The number of rotatable bonds is 9. The molecule has 0 rings (SSSR count). The largest absolute Gasteiger partial charge is 0.392 e. The van der Waals surface area contributed by atoms with E-state index in [1.54, 1.807) is 0 Å². The van der Waals surface area contributed by atoms with Crippen LogP contribution in [0.4, 0.5) is 0 Å². The van der Waals surface area contributed by atoms with Crippen molar-refractivity contribution in [2.24, 2.45) is 0 Å². The van der Waals surface area contributed by atoms with Gasteiger partial charge in [0.05, 0.1) is 0 Å². The van der Waals surface area contributed by atoms with Crippen molar-refractivity contribution in [2.75, 3.05) is 7.05 Å². The Bertz CT molecular complexity index is 734. The Morgan fingerprint density at radius 1 is 1.00 bits per heavy atom. The zero-order chi connectivity index (χ0) is 20.1. The highest BCUT2D eigenvalue weighted by molar-refractivity contribution is 5.49. The van der Waals surface area contributed by atoms with Crippen LogP contribution in [-0.2, 0) is 0 Å². The lowest BCUT2D eigenvalue weighted by Crippen LogP contribution is -2.02. The van der Waals surface area contributed by atoms with Crippen LogP contribution in [0, 0.1) is 12.3 Å². The summed E-state index contributed by atoms with van der Waals surface area (Å²) in [7, 11) is 1.92. The summed E-state index contributed by atoms with van der Waals surface area (Å²) in [6.07, 6.45) is 20.7. The Balaban J connectivity index is 6.01. The maximum Gasteiger partial charge on any atom is 0.00785 e. The molecule has 0 aliphatic carbocycles. The van der Waals surface area contributed by atoms with Crippen LogP contribution in [0.2, 0.25) is 0 Å². The van der Waals surface area contributed by atoms with Crippen molar-refractivity contribution >= 4 is 0 Å². The summed E-state index contributed by atoms with van der Waals surface area (Å²) in [6.45, 7) is 18.0. The predicted octanol–water partition coefficient (Wildman–Crippen LogP) is 6.59. The average molecular weight is 348 g/mol. The molecule has 0 aromatic heterocycles. The molecule has 0 aromatic carbocycles. The summed E-state index contributed by atoms with van der Waals surface area (Å²) in [6, 6.07) is 0. The standard InChI is InChI=1S/C25H33N/c1-10-20(7)25(16-19(5)6)18-22(11-2)14-15-24(17-21(8)26-9)23(12-3)13-4/h1,11-13,15-18,26H,2-3,14H2,4-9H3/b21-17+,22-18+,23-13-,24-15-,25-20-. The minimum Gasteiger partial charge on any atom is -0.392 e. The summed E-state index contributed by atoms with van der Waals surface area (Å²) in [5, 5.41) is 3.16. The molecular weight excluding hydrogens is 314 g/mol. The molecule has 0 amide bonds. The fraction of sp³-hybridized carbons (Fsp3) is 0.280. The van der Waals surface area contributed by atoms with Crippen LogP contribution in [0.3, 0.4) is 0 Å². The zero-order valence-electron chi connectivity index (χ0n) is 17.2. The van der Waals surface area contributed by atoms with Gasteiger partial charge in [0.15, 0.2) is 0 Å². The summed E-state index contributed by atoms with van der Waals surface area (Å²) in [5.74, 6) is 2.74. The van der Waals surface area contributed by atoms with Crippen molar-refractivity contribution in [1.29, 1.82) is 0 Å². The lowest BCUT2D eigenvalue weighted by Gasteiger charge is -2.08. The van der Waals surface area contributed by atoms with Crippen LogP contribution >= 0.6 is 0 Å². The highest BCUT2D eigenvalue weighted by atomic mass is 14.8. The Morgan fingerprint density at radius 2 is 1.65 bits per heavy atom. The van der Waals surface area contributed by atoms with Crippen LogP contribution < -0.4 is 5.32 Å². The second kappa shape index (κ2) is 12.6. The fourth-order valence-corrected chi connectivity index (χ4v) is 2.25. The van der Waals surface area contributed by atoms with Crippen LogP contribution in [0.5, 0.6) is 0 Å². The quantitative estimate of drug-likeness (QED) is 0.366. The van der Waals surface area contributed by atoms with Crippen LogP contribution in [0.15, 0.2) is 94.8 Å². The van der Waals surface area contributed by atoms with E-state index in [9.17, 15) is 0 Å². The van der Waals surface area contributed by atoms with Gasteiger partial charge in [-0.1, -0.05) is 61.1 Å². The molecule has 1 heteroatoms. The summed E-state index contributed by atoms with van der Waals surface area (Å²) < 4.78 is 0. The molecule has 1 nitrogen and oxygen atoms in total. The van der Waals surface area contributed by atoms with Gasteiger partial charge >= 0.3 is 0 Å². The van der Waals surface area contributed by atoms with E-state index in [1.807, 2.05) is 40.0 Å². The molecule has 0 aliphatic heterocycles. The van der Waals surface area contributed by atoms with Crippen LogP contribution in [0.1, 0.15) is 41.0 Å². The molecule has 0 saturated carbocycles. The number of hydrogen-bond donors (Lipinski definition) is 1. The summed E-state index contributed by atoms with van der Waals surface area (Å²) >= 11 is 0. The van der Waals surface area contributed by atoms with Gasteiger partial charge in [0, 0.05) is 18.3 Å².